The van der Waals surface area contributed by atoms with Crippen LogP contribution in [0.1, 0.15) is 22.8 Å². The van der Waals surface area contributed by atoms with Crippen LogP contribution >= 0.6 is 11.9 Å². The Kier molecular flexibility index (Phi) is 7.08. The summed E-state index contributed by atoms with van der Waals surface area (Å²) in [5.41, 5.74) is 8.63. The van der Waals surface area contributed by atoms with Crippen molar-refractivity contribution in [2.75, 3.05) is 24.2 Å². The van der Waals surface area contributed by atoms with Gasteiger partial charge in [-0.15, -0.1) is 0 Å². The standard InChI is InChI=1S/C23H24N2O4S/c1-4-28-22-14-17(7-11-20(22)24)29-16-8-12-21(19(13-16)23(26)27-3)25-30-18-9-5-15(2)6-10-18/h5-14,25H,4,24H2,1-3H3. The summed E-state index contributed by atoms with van der Waals surface area (Å²) in [4.78, 5) is 13.3. The van der Waals surface area contributed by atoms with Crippen LogP contribution < -0.4 is 19.9 Å². The molecular formula is C23H24N2O4S. The van der Waals surface area contributed by atoms with Crippen LogP contribution in [0.4, 0.5) is 11.4 Å². The lowest BCUT2D eigenvalue weighted by atomic mass is 10.1. The molecule has 0 amide bonds. The third kappa shape index (κ3) is 5.39. The van der Waals surface area contributed by atoms with Crippen LogP contribution in [0, 0.1) is 6.92 Å². The Bertz CT molecular complexity index is 1020. The zero-order valence-corrected chi connectivity index (χ0v) is 17.9. The third-order valence-electron chi connectivity index (χ3n) is 4.22. The number of aryl methyl sites for hydroxylation is 1. The number of carbonyl (C=O) groups is 1. The van der Waals surface area contributed by atoms with Gasteiger partial charge in [-0.2, -0.15) is 0 Å². The first kappa shape index (κ1) is 21.4. The number of rotatable bonds is 8. The van der Waals surface area contributed by atoms with E-state index in [0.717, 1.165) is 4.90 Å². The lowest BCUT2D eigenvalue weighted by Crippen LogP contribution is -2.05. The van der Waals surface area contributed by atoms with Crippen LogP contribution in [0.3, 0.4) is 0 Å². The van der Waals surface area contributed by atoms with Crippen molar-refractivity contribution in [1.29, 1.82) is 0 Å². The van der Waals surface area contributed by atoms with E-state index in [1.165, 1.54) is 24.6 Å². The molecule has 0 heterocycles. The molecule has 156 valence electrons. The number of hydrogen-bond donors (Lipinski definition) is 2. The van der Waals surface area contributed by atoms with Crippen molar-refractivity contribution < 1.29 is 19.0 Å². The molecule has 3 rings (SSSR count). The van der Waals surface area contributed by atoms with E-state index in [0.29, 0.717) is 40.8 Å². The molecule has 0 atom stereocenters. The molecule has 0 aromatic heterocycles. The number of anilines is 2. The smallest absolute Gasteiger partial charge is 0.340 e. The predicted molar refractivity (Wildman–Crippen MR) is 121 cm³/mol. The predicted octanol–water partition coefficient (Wildman–Crippen LogP) is 5.67. The summed E-state index contributed by atoms with van der Waals surface area (Å²) in [5.74, 6) is 1.14. The molecule has 0 saturated heterocycles. The van der Waals surface area contributed by atoms with Crippen LogP contribution in [0.5, 0.6) is 17.2 Å². The molecule has 3 aromatic rings. The number of methoxy groups -OCH3 is 1. The molecule has 3 aromatic carbocycles. The lowest BCUT2D eigenvalue weighted by molar-refractivity contribution is 0.0601. The minimum atomic E-state index is -0.459. The topological polar surface area (TPSA) is 82.8 Å². The van der Waals surface area contributed by atoms with E-state index in [1.807, 2.05) is 38.1 Å². The zero-order valence-electron chi connectivity index (χ0n) is 17.1. The Morgan fingerprint density at radius 3 is 2.43 bits per heavy atom. The molecule has 0 bridgehead atoms. The summed E-state index contributed by atoms with van der Waals surface area (Å²) in [5, 5.41) is 0. The van der Waals surface area contributed by atoms with Crippen LogP contribution in [0.15, 0.2) is 65.6 Å². The van der Waals surface area contributed by atoms with Crippen LogP contribution in [0.25, 0.3) is 0 Å². The highest BCUT2D eigenvalue weighted by Gasteiger charge is 2.15. The Morgan fingerprint density at radius 1 is 1.03 bits per heavy atom. The van der Waals surface area contributed by atoms with E-state index >= 15 is 0 Å². The van der Waals surface area contributed by atoms with E-state index in [2.05, 4.69) is 4.72 Å². The van der Waals surface area contributed by atoms with Gasteiger partial charge in [0, 0.05) is 11.0 Å². The van der Waals surface area contributed by atoms with Crippen molar-refractivity contribution >= 4 is 29.3 Å². The average Bonchev–Trinajstić information content (AvgIpc) is 2.76. The summed E-state index contributed by atoms with van der Waals surface area (Å²) >= 11 is 1.41. The Hall–Kier alpha value is -3.32. The number of hydrogen-bond acceptors (Lipinski definition) is 7. The molecule has 0 spiro atoms. The second-order valence-corrected chi connectivity index (χ2v) is 7.33. The molecule has 7 heteroatoms. The molecule has 0 aliphatic carbocycles. The van der Waals surface area contributed by atoms with Crippen LogP contribution in [-0.4, -0.2) is 19.7 Å². The Labute approximate surface area is 180 Å². The summed E-state index contributed by atoms with van der Waals surface area (Å²) in [7, 11) is 1.35. The lowest BCUT2D eigenvalue weighted by Gasteiger charge is -2.14. The van der Waals surface area contributed by atoms with Gasteiger partial charge in [-0.25, -0.2) is 4.79 Å². The van der Waals surface area contributed by atoms with Gasteiger partial charge < -0.3 is 24.7 Å². The summed E-state index contributed by atoms with van der Waals surface area (Å²) < 4.78 is 19.6. The first-order valence-electron chi connectivity index (χ1n) is 9.42. The highest BCUT2D eigenvalue weighted by atomic mass is 32.2. The quantitative estimate of drug-likeness (QED) is 0.274. The molecular weight excluding hydrogens is 400 g/mol. The molecule has 30 heavy (non-hydrogen) atoms. The first-order chi connectivity index (χ1) is 14.5. The SMILES string of the molecule is CCOc1cc(Oc2ccc(NSc3ccc(C)cc3)c(C(=O)OC)c2)ccc1N. The largest absolute Gasteiger partial charge is 0.492 e. The van der Waals surface area contributed by atoms with Crippen molar-refractivity contribution in [3.05, 3.63) is 71.8 Å². The molecule has 0 aliphatic rings. The minimum absolute atomic E-state index is 0.370. The number of ether oxygens (including phenoxy) is 3. The van der Waals surface area contributed by atoms with Gasteiger partial charge >= 0.3 is 5.97 Å². The van der Waals surface area contributed by atoms with Gasteiger partial charge in [0.15, 0.2) is 0 Å². The monoisotopic (exact) mass is 424 g/mol. The Morgan fingerprint density at radius 2 is 1.73 bits per heavy atom. The maximum absolute atomic E-state index is 12.3. The summed E-state index contributed by atoms with van der Waals surface area (Å²) in [6.07, 6.45) is 0. The van der Waals surface area contributed by atoms with Gasteiger partial charge in [0.25, 0.3) is 0 Å². The fraction of sp³-hybridized carbons (Fsp3) is 0.174. The highest BCUT2D eigenvalue weighted by molar-refractivity contribution is 8.00. The fourth-order valence-corrected chi connectivity index (χ4v) is 3.35. The van der Waals surface area contributed by atoms with E-state index in [4.69, 9.17) is 19.9 Å². The summed E-state index contributed by atoms with van der Waals surface area (Å²) in [6.45, 7) is 4.42. The fourth-order valence-electron chi connectivity index (χ4n) is 2.67. The van der Waals surface area contributed by atoms with Gasteiger partial charge in [-0.1, -0.05) is 17.7 Å². The molecule has 0 unspecified atom stereocenters. The molecule has 0 radical (unpaired) electrons. The van der Waals surface area contributed by atoms with Crippen molar-refractivity contribution in [1.82, 2.24) is 0 Å². The van der Waals surface area contributed by atoms with Gasteiger partial charge in [0.2, 0.25) is 0 Å². The number of nitrogens with two attached hydrogens (primary N) is 1. The normalized spacial score (nSPS) is 10.4. The minimum Gasteiger partial charge on any atom is -0.492 e. The highest BCUT2D eigenvalue weighted by Crippen LogP contribution is 2.33. The number of nitrogens with one attached hydrogen (secondary N) is 1. The average molecular weight is 425 g/mol. The summed E-state index contributed by atoms with van der Waals surface area (Å²) in [6, 6.07) is 18.5. The van der Waals surface area contributed by atoms with Gasteiger partial charge in [0.05, 0.1) is 30.7 Å². The first-order valence-corrected chi connectivity index (χ1v) is 10.2. The van der Waals surface area contributed by atoms with Crippen molar-refractivity contribution in [2.24, 2.45) is 0 Å². The van der Waals surface area contributed by atoms with E-state index < -0.39 is 5.97 Å². The van der Waals surface area contributed by atoms with Crippen molar-refractivity contribution in [2.45, 2.75) is 18.7 Å². The Balaban J connectivity index is 1.81. The maximum atomic E-state index is 12.3. The molecule has 6 nitrogen and oxygen atoms in total. The number of esters is 1. The molecule has 0 fully saturated rings. The second kappa shape index (κ2) is 9.93. The van der Waals surface area contributed by atoms with Gasteiger partial charge in [-0.05, 0) is 68.3 Å². The van der Waals surface area contributed by atoms with E-state index in [-0.39, 0.29) is 0 Å². The maximum Gasteiger partial charge on any atom is 0.340 e. The zero-order chi connectivity index (χ0) is 21.5. The molecule has 0 saturated carbocycles. The number of nitrogen functional groups attached to an aromatic ring is 1. The molecule has 3 N–H and O–H groups in total. The van der Waals surface area contributed by atoms with Crippen LogP contribution in [-0.2, 0) is 4.74 Å². The number of benzene rings is 3. The number of carbonyl (C=O) groups excluding carboxylic acids is 1. The molecule has 0 aliphatic heterocycles. The van der Waals surface area contributed by atoms with Crippen molar-refractivity contribution in [3.8, 4) is 17.2 Å². The van der Waals surface area contributed by atoms with Crippen molar-refractivity contribution in [3.63, 3.8) is 0 Å². The van der Waals surface area contributed by atoms with Gasteiger partial charge in [0.1, 0.15) is 17.2 Å². The third-order valence-corrected chi connectivity index (χ3v) is 5.05. The van der Waals surface area contributed by atoms with Crippen LogP contribution in [0.2, 0.25) is 0 Å². The second-order valence-electron chi connectivity index (χ2n) is 6.45. The van der Waals surface area contributed by atoms with E-state index in [1.54, 1.807) is 36.4 Å². The van der Waals surface area contributed by atoms with E-state index in [9.17, 15) is 4.79 Å². The van der Waals surface area contributed by atoms with Gasteiger partial charge in [-0.3, -0.25) is 0 Å².